The first-order valence-corrected chi connectivity index (χ1v) is 6.07. The highest BCUT2D eigenvalue weighted by Gasteiger charge is 2.09. The van der Waals surface area contributed by atoms with Crippen LogP contribution in [0, 0.1) is 19.7 Å². The van der Waals surface area contributed by atoms with Crippen LogP contribution in [-0.4, -0.2) is 10.2 Å². The Balaban J connectivity index is 2.02. The third-order valence-electron chi connectivity index (χ3n) is 3.21. The van der Waals surface area contributed by atoms with Gasteiger partial charge in [0.15, 0.2) is 0 Å². The van der Waals surface area contributed by atoms with E-state index in [9.17, 15) is 4.39 Å². The van der Waals surface area contributed by atoms with Crippen LogP contribution >= 0.6 is 0 Å². The van der Waals surface area contributed by atoms with Gasteiger partial charge in [-0.3, -0.25) is 5.10 Å². The molecule has 0 spiro atoms. The van der Waals surface area contributed by atoms with E-state index in [1.165, 1.54) is 11.6 Å². The standard InChI is InChI=1S/C14H18FN3/c1-9(12-5-4-6-13(15)7-12)16-8-14-10(2)17-18-11(14)3/h4-7,9,16H,8H2,1-3H3,(H,17,18). The molecule has 1 unspecified atom stereocenters. The van der Waals surface area contributed by atoms with Gasteiger partial charge >= 0.3 is 0 Å². The van der Waals surface area contributed by atoms with Crippen molar-refractivity contribution in [3.05, 3.63) is 52.6 Å². The number of halogens is 1. The highest BCUT2D eigenvalue weighted by molar-refractivity contribution is 5.24. The number of rotatable bonds is 4. The normalized spacial score (nSPS) is 12.7. The van der Waals surface area contributed by atoms with Crippen molar-refractivity contribution in [3.8, 4) is 0 Å². The van der Waals surface area contributed by atoms with Crippen LogP contribution in [0.4, 0.5) is 4.39 Å². The van der Waals surface area contributed by atoms with E-state index in [0.29, 0.717) is 0 Å². The van der Waals surface area contributed by atoms with Gasteiger partial charge in [-0.15, -0.1) is 0 Å². The second-order valence-corrected chi connectivity index (χ2v) is 4.57. The average Bonchev–Trinajstić information content (AvgIpc) is 2.66. The molecule has 2 rings (SSSR count). The maximum atomic E-state index is 13.1. The number of hydrogen-bond acceptors (Lipinski definition) is 2. The molecule has 1 atom stereocenters. The van der Waals surface area contributed by atoms with Gasteiger partial charge < -0.3 is 5.32 Å². The molecule has 0 amide bonds. The van der Waals surface area contributed by atoms with E-state index in [-0.39, 0.29) is 11.9 Å². The van der Waals surface area contributed by atoms with Crippen molar-refractivity contribution in [2.75, 3.05) is 0 Å². The Morgan fingerprint density at radius 2 is 2.17 bits per heavy atom. The zero-order chi connectivity index (χ0) is 13.1. The predicted molar refractivity (Wildman–Crippen MR) is 69.7 cm³/mol. The fourth-order valence-electron chi connectivity index (χ4n) is 1.98. The summed E-state index contributed by atoms with van der Waals surface area (Å²) in [7, 11) is 0. The number of H-pyrrole nitrogens is 1. The quantitative estimate of drug-likeness (QED) is 0.872. The lowest BCUT2D eigenvalue weighted by Gasteiger charge is -2.14. The lowest BCUT2D eigenvalue weighted by molar-refractivity contribution is 0.563. The molecule has 2 aromatic rings. The minimum Gasteiger partial charge on any atom is -0.306 e. The third-order valence-corrected chi connectivity index (χ3v) is 3.21. The van der Waals surface area contributed by atoms with Crippen LogP contribution in [0.1, 0.15) is 35.5 Å². The Morgan fingerprint density at radius 3 is 2.78 bits per heavy atom. The van der Waals surface area contributed by atoms with Crippen LogP contribution in [0.5, 0.6) is 0 Å². The van der Waals surface area contributed by atoms with Crippen molar-refractivity contribution in [2.45, 2.75) is 33.4 Å². The average molecular weight is 247 g/mol. The van der Waals surface area contributed by atoms with Crippen LogP contribution in [0.3, 0.4) is 0 Å². The van der Waals surface area contributed by atoms with Crippen molar-refractivity contribution in [1.29, 1.82) is 0 Å². The fraction of sp³-hybridized carbons (Fsp3) is 0.357. The molecule has 0 saturated heterocycles. The molecule has 18 heavy (non-hydrogen) atoms. The van der Waals surface area contributed by atoms with Crippen LogP contribution < -0.4 is 5.32 Å². The molecule has 2 N–H and O–H groups in total. The van der Waals surface area contributed by atoms with Crippen molar-refractivity contribution in [3.63, 3.8) is 0 Å². The van der Waals surface area contributed by atoms with E-state index < -0.39 is 0 Å². The number of nitrogens with zero attached hydrogens (tertiary/aromatic N) is 1. The number of nitrogens with one attached hydrogen (secondary N) is 2. The number of aryl methyl sites for hydroxylation is 2. The first-order valence-electron chi connectivity index (χ1n) is 6.07. The second kappa shape index (κ2) is 5.31. The Labute approximate surface area is 106 Å². The predicted octanol–water partition coefficient (Wildman–Crippen LogP) is 3.02. The summed E-state index contributed by atoms with van der Waals surface area (Å²) in [6, 6.07) is 6.79. The number of hydrogen-bond donors (Lipinski definition) is 2. The SMILES string of the molecule is Cc1n[nH]c(C)c1CNC(C)c1cccc(F)c1. The molecule has 0 radical (unpaired) electrons. The van der Waals surface area contributed by atoms with Gasteiger partial charge in [0.05, 0.1) is 5.69 Å². The first kappa shape index (κ1) is 12.8. The molecule has 96 valence electrons. The monoisotopic (exact) mass is 247 g/mol. The molecule has 1 heterocycles. The van der Waals surface area contributed by atoms with Gasteiger partial charge in [-0.2, -0.15) is 5.10 Å². The first-order chi connectivity index (χ1) is 8.58. The molecule has 1 aromatic heterocycles. The van der Waals surface area contributed by atoms with Gasteiger partial charge in [0, 0.05) is 23.8 Å². The summed E-state index contributed by atoms with van der Waals surface area (Å²) >= 11 is 0. The second-order valence-electron chi connectivity index (χ2n) is 4.57. The lowest BCUT2D eigenvalue weighted by atomic mass is 10.1. The smallest absolute Gasteiger partial charge is 0.123 e. The van der Waals surface area contributed by atoms with E-state index in [1.54, 1.807) is 12.1 Å². The topological polar surface area (TPSA) is 40.7 Å². The zero-order valence-electron chi connectivity index (χ0n) is 10.9. The van der Waals surface area contributed by atoms with E-state index in [0.717, 1.165) is 23.5 Å². The van der Waals surface area contributed by atoms with Crippen molar-refractivity contribution < 1.29 is 4.39 Å². The third kappa shape index (κ3) is 2.76. The molecule has 0 aliphatic heterocycles. The molecule has 1 aromatic carbocycles. The molecule has 4 heteroatoms. The van der Waals surface area contributed by atoms with Crippen LogP contribution in [-0.2, 0) is 6.54 Å². The highest BCUT2D eigenvalue weighted by Crippen LogP contribution is 2.15. The van der Waals surface area contributed by atoms with Crippen LogP contribution in [0.2, 0.25) is 0 Å². The summed E-state index contributed by atoms with van der Waals surface area (Å²) in [5.41, 5.74) is 4.21. The Bertz CT molecular complexity index is 514. The lowest BCUT2D eigenvalue weighted by Crippen LogP contribution is -2.18. The number of benzene rings is 1. The summed E-state index contributed by atoms with van der Waals surface area (Å²) in [4.78, 5) is 0. The Hall–Kier alpha value is -1.68. The van der Waals surface area contributed by atoms with Crippen LogP contribution in [0.15, 0.2) is 24.3 Å². The number of aromatic nitrogens is 2. The van der Waals surface area contributed by atoms with E-state index in [1.807, 2.05) is 26.8 Å². The van der Waals surface area contributed by atoms with E-state index in [4.69, 9.17) is 0 Å². The summed E-state index contributed by atoms with van der Waals surface area (Å²) in [5.74, 6) is -0.197. The minimum absolute atomic E-state index is 0.106. The van der Waals surface area contributed by atoms with Crippen molar-refractivity contribution in [1.82, 2.24) is 15.5 Å². The Morgan fingerprint density at radius 1 is 1.39 bits per heavy atom. The summed E-state index contributed by atoms with van der Waals surface area (Å²) in [6.45, 7) is 6.74. The maximum absolute atomic E-state index is 13.1. The molecular formula is C14H18FN3. The van der Waals surface area contributed by atoms with Gasteiger partial charge in [0.25, 0.3) is 0 Å². The largest absolute Gasteiger partial charge is 0.306 e. The molecule has 3 nitrogen and oxygen atoms in total. The van der Waals surface area contributed by atoms with Crippen LogP contribution in [0.25, 0.3) is 0 Å². The molecule has 0 fully saturated rings. The maximum Gasteiger partial charge on any atom is 0.123 e. The zero-order valence-corrected chi connectivity index (χ0v) is 10.9. The van der Waals surface area contributed by atoms with E-state index >= 15 is 0 Å². The summed E-state index contributed by atoms with van der Waals surface area (Å²) < 4.78 is 13.1. The van der Waals surface area contributed by atoms with E-state index in [2.05, 4.69) is 15.5 Å². The van der Waals surface area contributed by atoms with Gasteiger partial charge in [-0.1, -0.05) is 12.1 Å². The van der Waals surface area contributed by atoms with Crippen molar-refractivity contribution >= 4 is 0 Å². The highest BCUT2D eigenvalue weighted by atomic mass is 19.1. The fourth-order valence-corrected chi connectivity index (χ4v) is 1.98. The summed E-state index contributed by atoms with van der Waals surface area (Å²) in [5, 5.41) is 10.5. The van der Waals surface area contributed by atoms with Gasteiger partial charge in [-0.25, -0.2) is 4.39 Å². The molecule has 0 aliphatic carbocycles. The number of aromatic amines is 1. The van der Waals surface area contributed by atoms with Crippen molar-refractivity contribution in [2.24, 2.45) is 0 Å². The van der Waals surface area contributed by atoms with Gasteiger partial charge in [-0.05, 0) is 38.5 Å². The van der Waals surface area contributed by atoms with Gasteiger partial charge in [0.1, 0.15) is 5.82 Å². The Kier molecular flexibility index (Phi) is 3.77. The minimum atomic E-state index is -0.197. The summed E-state index contributed by atoms with van der Waals surface area (Å²) in [6.07, 6.45) is 0. The molecule has 0 saturated carbocycles. The molecule has 0 bridgehead atoms. The van der Waals surface area contributed by atoms with Gasteiger partial charge in [0.2, 0.25) is 0 Å². The molecular weight excluding hydrogens is 229 g/mol. The molecule has 0 aliphatic rings.